The number of aromatic hydroxyl groups is 5. The molecule has 1 aromatic heterocycles. The smallest absolute Gasteiger partial charge is 0.238 e. The lowest BCUT2D eigenvalue weighted by Crippen LogP contribution is -2.60. The van der Waals surface area contributed by atoms with Crippen LogP contribution in [0.1, 0.15) is 0 Å². The van der Waals surface area contributed by atoms with E-state index in [0.717, 1.165) is 18.2 Å². The monoisotopic (exact) mass is 480 g/mol. The normalized spacial score (nSPS) is 24.9. The Labute approximate surface area is 189 Å². The maximum absolute atomic E-state index is 12.7. The highest BCUT2D eigenvalue weighted by molar-refractivity contribution is 5.91. The summed E-state index contributed by atoms with van der Waals surface area (Å²) in [6, 6.07) is 4.24. The summed E-state index contributed by atoms with van der Waals surface area (Å²) in [6.45, 7) is -0.739. The molecule has 0 amide bonds. The zero-order chi connectivity index (χ0) is 24.9. The van der Waals surface area contributed by atoms with Crippen molar-refractivity contribution in [1.82, 2.24) is 0 Å². The highest BCUT2D eigenvalue weighted by Gasteiger charge is 2.45. The first-order valence-corrected chi connectivity index (χ1v) is 9.79. The summed E-state index contributed by atoms with van der Waals surface area (Å²) < 4.78 is 16.0. The van der Waals surface area contributed by atoms with Crippen molar-refractivity contribution in [3.8, 4) is 45.8 Å². The average molecular weight is 480 g/mol. The number of benzene rings is 2. The molecule has 4 rings (SSSR count). The second-order valence-corrected chi connectivity index (χ2v) is 7.57. The summed E-state index contributed by atoms with van der Waals surface area (Å²) in [7, 11) is 0. The Morgan fingerprint density at radius 3 is 2.21 bits per heavy atom. The first-order valence-electron chi connectivity index (χ1n) is 9.79. The minimum atomic E-state index is -1.84. The lowest BCUT2D eigenvalue weighted by Gasteiger charge is -2.39. The lowest BCUT2D eigenvalue weighted by atomic mass is 9.99. The molecule has 182 valence electrons. The molecule has 1 aliphatic rings. The number of ether oxygens (including phenoxy) is 2. The zero-order valence-corrected chi connectivity index (χ0v) is 17.1. The van der Waals surface area contributed by atoms with Crippen LogP contribution in [-0.2, 0) is 4.74 Å². The van der Waals surface area contributed by atoms with E-state index < -0.39 is 94.0 Å². The van der Waals surface area contributed by atoms with Gasteiger partial charge in [0.25, 0.3) is 0 Å². The predicted molar refractivity (Wildman–Crippen MR) is 111 cm³/mol. The molecule has 1 saturated heterocycles. The van der Waals surface area contributed by atoms with Gasteiger partial charge in [-0.3, -0.25) is 4.79 Å². The fraction of sp³-hybridized carbons (Fsp3) is 0.286. The molecule has 13 heteroatoms. The molecule has 0 spiro atoms. The quantitative estimate of drug-likeness (QED) is 0.208. The number of rotatable bonds is 4. The van der Waals surface area contributed by atoms with Gasteiger partial charge in [0, 0.05) is 11.6 Å². The summed E-state index contributed by atoms with van der Waals surface area (Å²) in [5.74, 6) is -5.06. The third-order valence-electron chi connectivity index (χ3n) is 5.40. The molecule has 0 unspecified atom stereocenters. The van der Waals surface area contributed by atoms with Crippen LogP contribution in [0, 0.1) is 0 Å². The van der Waals surface area contributed by atoms with Crippen molar-refractivity contribution in [2.75, 3.05) is 6.61 Å². The van der Waals surface area contributed by atoms with Gasteiger partial charge in [-0.25, -0.2) is 0 Å². The molecule has 2 heterocycles. The van der Waals surface area contributed by atoms with Crippen molar-refractivity contribution in [2.45, 2.75) is 30.7 Å². The van der Waals surface area contributed by atoms with Crippen LogP contribution < -0.4 is 10.2 Å². The van der Waals surface area contributed by atoms with E-state index in [0.29, 0.717) is 0 Å². The van der Waals surface area contributed by atoms with Gasteiger partial charge >= 0.3 is 0 Å². The van der Waals surface area contributed by atoms with E-state index in [1.165, 1.54) is 6.07 Å². The Bertz CT molecular complexity index is 1300. The highest BCUT2D eigenvalue weighted by atomic mass is 16.7. The van der Waals surface area contributed by atoms with Gasteiger partial charge in [0.1, 0.15) is 35.4 Å². The molecular weight excluding hydrogens is 460 g/mol. The van der Waals surface area contributed by atoms with Gasteiger partial charge in [-0.15, -0.1) is 0 Å². The number of aliphatic hydroxyl groups excluding tert-OH is 4. The van der Waals surface area contributed by atoms with Crippen LogP contribution in [0.3, 0.4) is 0 Å². The molecule has 0 saturated carbocycles. The van der Waals surface area contributed by atoms with Crippen LogP contribution in [0.25, 0.3) is 22.3 Å². The molecule has 0 bridgehead atoms. The minimum absolute atomic E-state index is 0.0178. The SMILES string of the molecule is O=c1c(O)c(-c2ccc(O)c(O)c2)oc2cc(O[C@H]3O[C@@H](CO)[C@H](O)[C@@H](O)[C@@H]3O)c(O)c(O)c12. The number of fused-ring (bicyclic) bond motifs is 1. The predicted octanol–water partition coefficient (Wildman–Crippen LogP) is -0.833. The summed E-state index contributed by atoms with van der Waals surface area (Å²) >= 11 is 0. The first kappa shape index (κ1) is 23.4. The number of hydrogen-bond acceptors (Lipinski definition) is 13. The van der Waals surface area contributed by atoms with Gasteiger partial charge in [-0.05, 0) is 18.2 Å². The summed E-state index contributed by atoms with van der Waals surface area (Å²) in [6.07, 6.45) is -8.32. The third-order valence-corrected chi connectivity index (χ3v) is 5.40. The molecule has 2 aromatic carbocycles. The lowest BCUT2D eigenvalue weighted by molar-refractivity contribution is -0.277. The highest BCUT2D eigenvalue weighted by Crippen LogP contribution is 2.44. The molecule has 1 fully saturated rings. The average Bonchev–Trinajstić information content (AvgIpc) is 2.81. The standard InChI is InChI=1S/C21H20O13/c22-5-11-14(26)17(29)19(31)21(34-11)33-10-4-9-12(15(27)13(10)25)16(28)18(30)20(32-9)6-1-2-7(23)8(24)3-6/h1-4,11,14,17,19,21-27,29-31H,5H2/t11-,14-,17+,19-,21-/m0/s1. The van der Waals surface area contributed by atoms with Crippen molar-refractivity contribution in [3.05, 3.63) is 34.5 Å². The van der Waals surface area contributed by atoms with E-state index in [9.17, 15) is 50.8 Å². The van der Waals surface area contributed by atoms with E-state index in [1.54, 1.807) is 0 Å². The Balaban J connectivity index is 1.82. The molecule has 0 aliphatic carbocycles. The van der Waals surface area contributed by atoms with Crippen LogP contribution in [-0.4, -0.2) is 83.3 Å². The molecular formula is C21H20O13. The van der Waals surface area contributed by atoms with Gasteiger partial charge in [0.15, 0.2) is 28.8 Å². The van der Waals surface area contributed by atoms with Crippen LogP contribution in [0.15, 0.2) is 33.5 Å². The Morgan fingerprint density at radius 2 is 1.56 bits per heavy atom. The number of aliphatic hydroxyl groups is 4. The second kappa shape index (κ2) is 8.55. The van der Waals surface area contributed by atoms with Gasteiger partial charge in [0.05, 0.1) is 6.61 Å². The second-order valence-electron chi connectivity index (χ2n) is 7.57. The molecule has 34 heavy (non-hydrogen) atoms. The van der Waals surface area contributed by atoms with Crippen LogP contribution in [0.4, 0.5) is 0 Å². The summed E-state index contributed by atoms with van der Waals surface area (Å²) in [5, 5.41) is 88.8. The van der Waals surface area contributed by atoms with Crippen LogP contribution in [0.5, 0.6) is 34.5 Å². The van der Waals surface area contributed by atoms with E-state index in [-0.39, 0.29) is 5.56 Å². The summed E-state index contributed by atoms with van der Waals surface area (Å²) in [5.41, 5.74) is -1.56. The summed E-state index contributed by atoms with van der Waals surface area (Å²) in [4.78, 5) is 12.7. The topological polar surface area (TPSA) is 231 Å². The van der Waals surface area contributed by atoms with Crippen molar-refractivity contribution < 1.29 is 59.8 Å². The van der Waals surface area contributed by atoms with Gasteiger partial charge < -0.3 is 59.8 Å². The Kier molecular flexibility index (Phi) is 5.89. The number of phenols is 4. The van der Waals surface area contributed by atoms with E-state index in [4.69, 9.17) is 13.9 Å². The Morgan fingerprint density at radius 1 is 0.853 bits per heavy atom. The van der Waals surface area contributed by atoms with E-state index >= 15 is 0 Å². The molecule has 5 atom stereocenters. The molecule has 0 radical (unpaired) electrons. The zero-order valence-electron chi connectivity index (χ0n) is 17.1. The molecule has 3 aromatic rings. The first-order chi connectivity index (χ1) is 16.0. The maximum atomic E-state index is 12.7. The van der Waals surface area contributed by atoms with Crippen molar-refractivity contribution in [2.24, 2.45) is 0 Å². The fourth-order valence-corrected chi connectivity index (χ4v) is 3.53. The van der Waals surface area contributed by atoms with Crippen LogP contribution >= 0.6 is 0 Å². The Hall–Kier alpha value is -3.75. The van der Waals surface area contributed by atoms with Crippen molar-refractivity contribution in [3.63, 3.8) is 0 Å². The third kappa shape index (κ3) is 3.70. The van der Waals surface area contributed by atoms with Gasteiger partial charge in [-0.1, -0.05) is 0 Å². The van der Waals surface area contributed by atoms with E-state index in [1.807, 2.05) is 0 Å². The minimum Gasteiger partial charge on any atom is -0.504 e. The molecule has 13 nitrogen and oxygen atoms in total. The largest absolute Gasteiger partial charge is 0.504 e. The molecule has 1 aliphatic heterocycles. The number of hydrogen-bond donors (Lipinski definition) is 9. The van der Waals surface area contributed by atoms with Crippen molar-refractivity contribution >= 4 is 11.0 Å². The van der Waals surface area contributed by atoms with Gasteiger partial charge in [-0.2, -0.15) is 0 Å². The fourth-order valence-electron chi connectivity index (χ4n) is 3.53. The van der Waals surface area contributed by atoms with Gasteiger partial charge in [0.2, 0.25) is 23.2 Å². The van der Waals surface area contributed by atoms with E-state index in [2.05, 4.69) is 0 Å². The van der Waals surface area contributed by atoms with Crippen molar-refractivity contribution in [1.29, 1.82) is 0 Å². The van der Waals surface area contributed by atoms with Crippen LogP contribution in [0.2, 0.25) is 0 Å². The molecule has 9 N–H and O–H groups in total. The maximum Gasteiger partial charge on any atom is 0.238 e. The number of phenolic OH excluding ortho intramolecular Hbond substituents is 4.